The van der Waals surface area contributed by atoms with Crippen LogP contribution in [0.5, 0.6) is 0 Å². The maximum absolute atomic E-state index is 13.1. The van der Waals surface area contributed by atoms with Crippen LogP contribution in [-0.2, 0) is 21.9 Å². The molecule has 0 heterocycles. The predicted octanol–water partition coefficient (Wildman–Crippen LogP) is 6.21. The number of benzene rings is 2. The van der Waals surface area contributed by atoms with Crippen LogP contribution in [0.25, 0.3) is 0 Å². The summed E-state index contributed by atoms with van der Waals surface area (Å²) in [5, 5.41) is 4.52. The Morgan fingerprint density at radius 2 is 1.71 bits per heavy atom. The Balaban J connectivity index is 2.10. The predicted molar refractivity (Wildman–Crippen MR) is 132 cm³/mol. The van der Waals surface area contributed by atoms with Crippen molar-refractivity contribution < 1.29 is 9.59 Å². The average Bonchev–Trinajstić information content (AvgIpc) is 2.74. The first kappa shape index (κ1) is 25.9. The number of amides is 2. The molecule has 0 radical (unpaired) electrons. The molecule has 0 saturated heterocycles. The molecule has 0 aliphatic heterocycles. The molecular weight excluding hydrogens is 475 g/mol. The molecule has 2 aromatic carbocycles. The van der Waals surface area contributed by atoms with Crippen LogP contribution in [0.2, 0.25) is 15.1 Å². The molecule has 1 atom stereocenters. The van der Waals surface area contributed by atoms with Gasteiger partial charge in [-0.15, -0.1) is 11.8 Å². The number of hydrogen-bond donors (Lipinski definition) is 1. The van der Waals surface area contributed by atoms with Gasteiger partial charge in [0.25, 0.3) is 0 Å². The van der Waals surface area contributed by atoms with Gasteiger partial charge in [0.1, 0.15) is 6.04 Å². The number of thioether (sulfide) groups is 1. The van der Waals surface area contributed by atoms with Crippen LogP contribution in [0, 0.1) is 0 Å². The van der Waals surface area contributed by atoms with Crippen LogP contribution in [0.15, 0.2) is 42.5 Å². The monoisotopic (exact) mass is 500 g/mol. The Morgan fingerprint density at radius 3 is 2.32 bits per heavy atom. The van der Waals surface area contributed by atoms with E-state index in [1.807, 2.05) is 24.3 Å². The molecule has 1 N–H and O–H groups in total. The normalized spacial score (nSPS) is 11.8. The van der Waals surface area contributed by atoms with Crippen molar-refractivity contribution in [2.24, 2.45) is 0 Å². The van der Waals surface area contributed by atoms with Crippen LogP contribution >= 0.6 is 46.6 Å². The van der Waals surface area contributed by atoms with Crippen molar-refractivity contribution in [1.82, 2.24) is 10.2 Å². The number of unbranched alkanes of at least 4 members (excludes halogenated alkanes) is 1. The molecule has 4 nitrogen and oxygen atoms in total. The van der Waals surface area contributed by atoms with Gasteiger partial charge in [0.2, 0.25) is 11.8 Å². The smallest absolute Gasteiger partial charge is 0.242 e. The highest BCUT2D eigenvalue weighted by atomic mass is 35.5. The zero-order valence-corrected chi connectivity index (χ0v) is 20.8. The summed E-state index contributed by atoms with van der Waals surface area (Å²) in [6, 6.07) is 12.1. The number of nitrogens with zero attached hydrogens (tertiary/aromatic N) is 1. The maximum atomic E-state index is 13.1. The van der Waals surface area contributed by atoms with Crippen molar-refractivity contribution >= 4 is 58.4 Å². The summed E-state index contributed by atoms with van der Waals surface area (Å²) in [5.74, 6) is 0.568. The maximum Gasteiger partial charge on any atom is 0.242 e. The lowest BCUT2D eigenvalue weighted by molar-refractivity contribution is -0.138. The molecule has 0 aromatic heterocycles. The third kappa shape index (κ3) is 8.23. The number of nitrogens with one attached hydrogen (secondary N) is 1. The second-order valence-electron chi connectivity index (χ2n) is 7.16. The first-order valence-electron chi connectivity index (χ1n) is 10.2. The lowest BCUT2D eigenvalue weighted by Gasteiger charge is -2.29. The Bertz CT molecular complexity index is 857. The molecule has 168 valence electrons. The Labute approximate surface area is 203 Å². The molecule has 0 fully saturated rings. The van der Waals surface area contributed by atoms with Crippen molar-refractivity contribution in [2.75, 3.05) is 12.3 Å². The van der Waals surface area contributed by atoms with E-state index in [9.17, 15) is 9.59 Å². The third-order valence-corrected chi connectivity index (χ3v) is 6.74. The highest BCUT2D eigenvalue weighted by molar-refractivity contribution is 7.99. The SMILES string of the molecule is CCCCNC(=O)[C@H](C)N(Cc1c(Cl)cccc1Cl)C(=O)CSCc1ccc(Cl)cc1. The van der Waals surface area contributed by atoms with Crippen LogP contribution in [0.4, 0.5) is 0 Å². The summed E-state index contributed by atoms with van der Waals surface area (Å²) in [7, 11) is 0. The van der Waals surface area contributed by atoms with Crippen LogP contribution in [0.1, 0.15) is 37.8 Å². The van der Waals surface area contributed by atoms with Crippen molar-refractivity contribution in [2.45, 2.75) is 45.0 Å². The fourth-order valence-electron chi connectivity index (χ4n) is 2.89. The van der Waals surface area contributed by atoms with Gasteiger partial charge in [0, 0.05) is 39.5 Å². The van der Waals surface area contributed by atoms with E-state index in [1.54, 1.807) is 30.0 Å². The molecule has 0 aliphatic rings. The molecule has 2 rings (SSSR count). The first-order chi connectivity index (χ1) is 14.8. The Kier molecular flexibility index (Phi) is 11.0. The third-order valence-electron chi connectivity index (χ3n) is 4.79. The molecule has 0 spiro atoms. The molecule has 31 heavy (non-hydrogen) atoms. The van der Waals surface area contributed by atoms with Gasteiger partial charge in [-0.05, 0) is 43.2 Å². The van der Waals surface area contributed by atoms with Crippen molar-refractivity contribution in [3.63, 3.8) is 0 Å². The van der Waals surface area contributed by atoms with E-state index in [2.05, 4.69) is 12.2 Å². The minimum Gasteiger partial charge on any atom is -0.354 e. The van der Waals surface area contributed by atoms with E-state index < -0.39 is 6.04 Å². The number of rotatable bonds is 11. The first-order valence-corrected chi connectivity index (χ1v) is 12.4. The summed E-state index contributed by atoms with van der Waals surface area (Å²) in [5.41, 5.74) is 1.71. The largest absolute Gasteiger partial charge is 0.354 e. The number of hydrogen-bond acceptors (Lipinski definition) is 3. The van der Waals surface area contributed by atoms with Gasteiger partial charge in [0.15, 0.2) is 0 Å². The van der Waals surface area contributed by atoms with Crippen molar-refractivity contribution in [3.05, 3.63) is 68.7 Å². The van der Waals surface area contributed by atoms with Gasteiger partial charge < -0.3 is 10.2 Å². The zero-order valence-electron chi connectivity index (χ0n) is 17.7. The lowest BCUT2D eigenvalue weighted by atomic mass is 10.1. The van der Waals surface area contributed by atoms with Gasteiger partial charge >= 0.3 is 0 Å². The fraction of sp³-hybridized carbons (Fsp3) is 0.391. The van der Waals surface area contributed by atoms with E-state index >= 15 is 0 Å². The molecule has 0 aliphatic carbocycles. The summed E-state index contributed by atoms with van der Waals surface area (Å²) in [4.78, 5) is 27.3. The molecule has 2 aromatic rings. The molecule has 0 bridgehead atoms. The van der Waals surface area contributed by atoms with Gasteiger partial charge in [-0.1, -0.05) is 66.3 Å². The standard InChI is InChI=1S/C23H27Cl3N2O2S/c1-3-4-12-27-23(30)16(2)28(13-19-20(25)6-5-7-21(19)26)22(29)15-31-14-17-8-10-18(24)11-9-17/h5-11,16H,3-4,12-15H2,1-2H3,(H,27,30)/t16-/m0/s1. The highest BCUT2D eigenvalue weighted by Crippen LogP contribution is 2.27. The minimum atomic E-state index is -0.646. The van der Waals surface area contributed by atoms with Gasteiger partial charge in [-0.3, -0.25) is 9.59 Å². The van der Waals surface area contributed by atoms with Gasteiger partial charge in [0.05, 0.1) is 5.75 Å². The summed E-state index contributed by atoms with van der Waals surface area (Å²) < 4.78 is 0. The highest BCUT2D eigenvalue weighted by Gasteiger charge is 2.27. The quantitative estimate of drug-likeness (QED) is 0.372. The van der Waals surface area contributed by atoms with E-state index in [1.165, 1.54) is 11.8 Å². The van der Waals surface area contributed by atoms with E-state index in [0.717, 1.165) is 18.4 Å². The van der Waals surface area contributed by atoms with E-state index in [4.69, 9.17) is 34.8 Å². The molecular formula is C23H27Cl3N2O2S. The summed E-state index contributed by atoms with van der Waals surface area (Å²) in [6.45, 7) is 4.54. The molecule has 0 unspecified atom stereocenters. The lowest BCUT2D eigenvalue weighted by Crippen LogP contribution is -2.48. The summed E-state index contributed by atoms with van der Waals surface area (Å²) in [6.07, 6.45) is 1.87. The topological polar surface area (TPSA) is 49.4 Å². The van der Waals surface area contributed by atoms with Crippen molar-refractivity contribution in [1.29, 1.82) is 0 Å². The van der Waals surface area contributed by atoms with Crippen LogP contribution in [0.3, 0.4) is 0 Å². The number of halogens is 3. The Morgan fingerprint density at radius 1 is 1.06 bits per heavy atom. The van der Waals surface area contributed by atoms with Crippen molar-refractivity contribution in [3.8, 4) is 0 Å². The average molecular weight is 502 g/mol. The van der Waals surface area contributed by atoms with Crippen LogP contribution < -0.4 is 5.32 Å². The number of carbonyl (C=O) groups is 2. The fourth-order valence-corrected chi connectivity index (χ4v) is 4.41. The molecule has 2 amide bonds. The molecule has 0 saturated carbocycles. The summed E-state index contributed by atoms with van der Waals surface area (Å²) >= 11 is 20.1. The number of carbonyl (C=O) groups excluding carboxylic acids is 2. The minimum absolute atomic E-state index is 0.145. The van der Waals surface area contributed by atoms with Gasteiger partial charge in [-0.2, -0.15) is 0 Å². The van der Waals surface area contributed by atoms with Gasteiger partial charge in [-0.25, -0.2) is 0 Å². The van der Waals surface area contributed by atoms with Crippen LogP contribution in [-0.4, -0.2) is 35.1 Å². The zero-order chi connectivity index (χ0) is 22.8. The Hall–Kier alpha value is -1.40. The second kappa shape index (κ2) is 13.2. The molecule has 8 heteroatoms. The van der Waals surface area contributed by atoms with E-state index in [-0.39, 0.29) is 24.1 Å². The van der Waals surface area contributed by atoms with E-state index in [0.29, 0.717) is 32.9 Å². The second-order valence-corrected chi connectivity index (χ2v) is 9.40.